The Kier molecular flexibility index (Phi) is 6.80. The third-order valence-electron chi connectivity index (χ3n) is 2.68. The second-order valence-electron chi connectivity index (χ2n) is 4.97. The molecule has 1 aromatic heterocycles. The molecule has 0 fully saturated rings. The molecule has 0 spiro atoms. The molecule has 0 aromatic carbocycles. The van der Waals surface area contributed by atoms with Crippen molar-refractivity contribution in [2.75, 3.05) is 32.7 Å². The van der Waals surface area contributed by atoms with Gasteiger partial charge in [0.05, 0.1) is 12.0 Å². The predicted octanol–water partition coefficient (Wildman–Crippen LogP) is 2.04. The molecule has 1 N–H and O–H groups in total. The number of methoxy groups -OCH3 is 2. The van der Waals surface area contributed by atoms with Gasteiger partial charge in [-0.15, -0.1) is 0 Å². The van der Waals surface area contributed by atoms with Crippen molar-refractivity contribution in [1.29, 1.82) is 0 Å². The first-order valence-electron chi connectivity index (χ1n) is 6.81. The van der Waals surface area contributed by atoms with E-state index in [4.69, 9.17) is 9.47 Å². The molecule has 0 aliphatic rings. The zero-order chi connectivity index (χ0) is 15.8. The zero-order valence-electron chi connectivity index (χ0n) is 12.9. The molecular weight excluding hydrogens is 276 g/mol. The fourth-order valence-corrected chi connectivity index (χ4v) is 1.79. The number of ether oxygens (including phenoxy) is 2. The van der Waals surface area contributed by atoms with Crippen LogP contribution in [0.1, 0.15) is 26.1 Å². The maximum atomic E-state index is 11.2. The van der Waals surface area contributed by atoms with Crippen molar-refractivity contribution in [3.63, 3.8) is 0 Å². The third-order valence-corrected chi connectivity index (χ3v) is 2.68. The molecule has 0 aliphatic carbocycles. The second-order valence-corrected chi connectivity index (χ2v) is 4.97. The Morgan fingerprint density at radius 3 is 2.57 bits per heavy atom. The molecule has 0 aliphatic heterocycles. The highest BCUT2D eigenvalue weighted by molar-refractivity contribution is 5.61. The van der Waals surface area contributed by atoms with Gasteiger partial charge >= 0.3 is 5.69 Å². The lowest BCUT2D eigenvalue weighted by molar-refractivity contribution is -0.385. The Morgan fingerprint density at radius 2 is 2.05 bits per heavy atom. The molecule has 1 heterocycles. The van der Waals surface area contributed by atoms with Gasteiger partial charge in [0.2, 0.25) is 5.82 Å². The summed E-state index contributed by atoms with van der Waals surface area (Å²) in [5.41, 5.74) is -0.234. The summed E-state index contributed by atoms with van der Waals surface area (Å²) in [7, 11) is 2.97. The number of rotatable bonds is 9. The fraction of sp³-hybridized carbons (Fsp3) is 0.692. The molecule has 0 saturated carbocycles. The average Bonchev–Trinajstić information content (AvgIpc) is 2.41. The first kappa shape index (κ1) is 17.1. The Morgan fingerprint density at radius 1 is 1.33 bits per heavy atom. The smallest absolute Gasteiger partial charge is 0.372 e. The summed E-state index contributed by atoms with van der Waals surface area (Å²) in [6, 6.07) is 0. The number of hydrogen-bond acceptors (Lipinski definition) is 7. The monoisotopic (exact) mass is 298 g/mol. The Hall–Kier alpha value is -1.96. The van der Waals surface area contributed by atoms with Crippen LogP contribution in [0.2, 0.25) is 0 Å². The van der Waals surface area contributed by atoms with Gasteiger partial charge in [0.1, 0.15) is 5.82 Å². The molecule has 0 unspecified atom stereocenters. The van der Waals surface area contributed by atoms with Gasteiger partial charge in [-0.1, -0.05) is 13.8 Å². The zero-order valence-corrected chi connectivity index (χ0v) is 12.9. The molecule has 0 saturated heterocycles. The summed E-state index contributed by atoms with van der Waals surface area (Å²) in [5.74, 6) is 1.05. The van der Waals surface area contributed by atoms with Gasteiger partial charge in [-0.2, -0.15) is 4.98 Å². The number of hydrogen-bond donors (Lipinski definition) is 1. The van der Waals surface area contributed by atoms with E-state index in [0.29, 0.717) is 31.3 Å². The molecule has 0 amide bonds. The van der Waals surface area contributed by atoms with Crippen LogP contribution in [0, 0.1) is 16.0 Å². The van der Waals surface area contributed by atoms with E-state index in [1.54, 1.807) is 7.11 Å². The van der Waals surface area contributed by atoms with Gasteiger partial charge in [0.15, 0.2) is 0 Å². The van der Waals surface area contributed by atoms with E-state index in [0.717, 1.165) is 6.42 Å². The van der Waals surface area contributed by atoms with E-state index in [1.807, 2.05) is 13.8 Å². The van der Waals surface area contributed by atoms with Crippen molar-refractivity contribution in [3.8, 4) is 5.88 Å². The lowest BCUT2D eigenvalue weighted by Crippen LogP contribution is -2.12. The highest BCUT2D eigenvalue weighted by Crippen LogP contribution is 2.32. The van der Waals surface area contributed by atoms with E-state index in [2.05, 4.69) is 15.3 Å². The summed E-state index contributed by atoms with van der Waals surface area (Å²) in [4.78, 5) is 19.0. The van der Waals surface area contributed by atoms with Crippen LogP contribution in [-0.4, -0.2) is 42.3 Å². The fourth-order valence-electron chi connectivity index (χ4n) is 1.79. The van der Waals surface area contributed by atoms with Gasteiger partial charge in [0, 0.05) is 26.7 Å². The summed E-state index contributed by atoms with van der Waals surface area (Å²) in [6.07, 6.45) is 1.35. The molecule has 8 nitrogen and oxygen atoms in total. The Bertz CT molecular complexity index is 479. The van der Waals surface area contributed by atoms with Crippen LogP contribution in [0.3, 0.4) is 0 Å². The summed E-state index contributed by atoms with van der Waals surface area (Å²) in [5, 5.41) is 14.2. The Balaban J connectivity index is 3.06. The number of anilines is 1. The van der Waals surface area contributed by atoms with Crippen LogP contribution in [0.15, 0.2) is 0 Å². The van der Waals surface area contributed by atoms with Crippen LogP contribution >= 0.6 is 0 Å². The van der Waals surface area contributed by atoms with E-state index in [-0.39, 0.29) is 17.4 Å². The van der Waals surface area contributed by atoms with Crippen LogP contribution < -0.4 is 10.1 Å². The number of aromatic nitrogens is 2. The molecule has 0 atom stereocenters. The minimum absolute atomic E-state index is 0.0140. The van der Waals surface area contributed by atoms with Crippen molar-refractivity contribution >= 4 is 11.5 Å². The van der Waals surface area contributed by atoms with Crippen molar-refractivity contribution in [2.45, 2.75) is 26.7 Å². The summed E-state index contributed by atoms with van der Waals surface area (Å²) in [6.45, 7) is 5.16. The molecule has 1 aromatic rings. The van der Waals surface area contributed by atoms with Gasteiger partial charge in [0.25, 0.3) is 5.88 Å². The summed E-state index contributed by atoms with van der Waals surface area (Å²) >= 11 is 0. The van der Waals surface area contributed by atoms with Crippen LogP contribution in [0.25, 0.3) is 0 Å². The first-order chi connectivity index (χ1) is 9.99. The predicted molar refractivity (Wildman–Crippen MR) is 78.8 cm³/mol. The molecule has 0 bridgehead atoms. The van der Waals surface area contributed by atoms with Gasteiger partial charge in [-0.25, -0.2) is 4.98 Å². The van der Waals surface area contributed by atoms with Crippen LogP contribution in [0.5, 0.6) is 5.88 Å². The average molecular weight is 298 g/mol. The number of nitro groups is 1. The first-order valence-corrected chi connectivity index (χ1v) is 6.81. The molecule has 0 radical (unpaired) electrons. The van der Waals surface area contributed by atoms with Gasteiger partial charge < -0.3 is 14.8 Å². The molecule has 118 valence electrons. The lowest BCUT2D eigenvalue weighted by Gasteiger charge is -2.11. The van der Waals surface area contributed by atoms with E-state index in [1.165, 1.54) is 7.11 Å². The highest BCUT2D eigenvalue weighted by Gasteiger charge is 2.25. The van der Waals surface area contributed by atoms with Crippen molar-refractivity contribution in [3.05, 3.63) is 15.9 Å². The normalized spacial score (nSPS) is 10.7. The van der Waals surface area contributed by atoms with E-state index in [9.17, 15) is 10.1 Å². The minimum Gasteiger partial charge on any atom is -0.476 e. The van der Waals surface area contributed by atoms with Crippen LogP contribution in [-0.2, 0) is 11.2 Å². The molecular formula is C13H22N4O4. The molecule has 21 heavy (non-hydrogen) atoms. The van der Waals surface area contributed by atoms with E-state index >= 15 is 0 Å². The van der Waals surface area contributed by atoms with Gasteiger partial charge in [-0.05, 0) is 12.3 Å². The minimum atomic E-state index is -0.531. The Labute approximate surface area is 124 Å². The molecule has 1 rings (SSSR count). The molecule has 8 heteroatoms. The number of nitrogens with zero attached hydrogens (tertiary/aromatic N) is 3. The van der Waals surface area contributed by atoms with E-state index < -0.39 is 4.92 Å². The quantitative estimate of drug-likeness (QED) is 0.423. The SMILES string of the molecule is COCCCNc1nc(CC(C)C)nc(OC)c1[N+](=O)[O-]. The topological polar surface area (TPSA) is 99.4 Å². The maximum absolute atomic E-state index is 11.2. The van der Waals surface area contributed by atoms with Crippen LogP contribution in [0.4, 0.5) is 11.5 Å². The van der Waals surface area contributed by atoms with Gasteiger partial charge in [-0.3, -0.25) is 10.1 Å². The number of nitrogens with one attached hydrogen (secondary N) is 1. The largest absolute Gasteiger partial charge is 0.476 e. The lowest BCUT2D eigenvalue weighted by atomic mass is 10.1. The summed E-state index contributed by atoms with van der Waals surface area (Å²) < 4.78 is 9.99. The third kappa shape index (κ3) is 5.14. The van der Waals surface area contributed by atoms with Crippen molar-refractivity contribution < 1.29 is 14.4 Å². The second kappa shape index (κ2) is 8.35. The highest BCUT2D eigenvalue weighted by atomic mass is 16.6. The van der Waals surface area contributed by atoms with Crippen molar-refractivity contribution in [2.24, 2.45) is 5.92 Å². The van der Waals surface area contributed by atoms with Crippen molar-refractivity contribution in [1.82, 2.24) is 9.97 Å². The maximum Gasteiger partial charge on any atom is 0.372 e. The standard InChI is InChI=1S/C13H22N4O4/c1-9(2)8-10-15-12(14-6-5-7-20-3)11(17(18)19)13(16-10)21-4/h9H,5-8H2,1-4H3,(H,14,15,16).